The van der Waals surface area contributed by atoms with Gasteiger partial charge in [-0.05, 0) is 60.7 Å². The molecule has 0 bridgehead atoms. The minimum atomic E-state index is -3.81. The fourth-order valence-corrected chi connectivity index (χ4v) is 5.84. The first kappa shape index (κ1) is 31.4. The Morgan fingerprint density at radius 2 is 1.62 bits per heavy atom. The molecule has 0 saturated carbocycles. The molecule has 3 aromatic rings. The number of rotatable bonds is 13. The van der Waals surface area contributed by atoms with E-state index in [1.165, 1.54) is 4.90 Å². The molecule has 214 valence electrons. The number of anilines is 1. The van der Waals surface area contributed by atoms with Gasteiger partial charge in [-0.3, -0.25) is 13.9 Å². The van der Waals surface area contributed by atoms with Gasteiger partial charge in [-0.15, -0.1) is 0 Å². The van der Waals surface area contributed by atoms with Crippen LogP contribution in [-0.4, -0.2) is 50.5 Å². The third-order valence-corrected chi connectivity index (χ3v) is 8.49. The van der Waals surface area contributed by atoms with E-state index < -0.39 is 28.5 Å². The van der Waals surface area contributed by atoms with Gasteiger partial charge in [0, 0.05) is 24.0 Å². The van der Waals surface area contributed by atoms with Crippen molar-refractivity contribution in [2.24, 2.45) is 0 Å². The summed E-state index contributed by atoms with van der Waals surface area (Å²) in [5.41, 5.74) is 3.86. The van der Waals surface area contributed by atoms with Crippen LogP contribution in [0.15, 0.2) is 77.3 Å². The largest absolute Gasteiger partial charge is 0.354 e. The molecule has 0 fully saturated rings. The molecule has 0 radical (unpaired) electrons. The summed E-state index contributed by atoms with van der Waals surface area (Å²) in [6, 6.07) is 21.6. The van der Waals surface area contributed by atoms with E-state index in [1.807, 2.05) is 81.4 Å². The maximum absolute atomic E-state index is 14.2. The lowest BCUT2D eigenvalue weighted by Crippen LogP contribution is -2.53. The first-order valence-electron chi connectivity index (χ1n) is 13.4. The highest BCUT2D eigenvalue weighted by atomic mass is 79.9. The van der Waals surface area contributed by atoms with Gasteiger partial charge in [0.05, 0.1) is 11.9 Å². The predicted octanol–water partition coefficient (Wildman–Crippen LogP) is 5.39. The van der Waals surface area contributed by atoms with Gasteiger partial charge >= 0.3 is 0 Å². The van der Waals surface area contributed by atoms with E-state index in [0.29, 0.717) is 18.7 Å². The highest BCUT2D eigenvalue weighted by Crippen LogP contribution is 2.26. The quantitative estimate of drug-likeness (QED) is 0.258. The molecule has 0 aliphatic carbocycles. The number of hydrogen-bond donors (Lipinski definition) is 1. The summed E-state index contributed by atoms with van der Waals surface area (Å²) in [6.07, 6.45) is 3.13. The molecule has 2 amide bonds. The number of nitrogens with zero attached hydrogens (tertiary/aromatic N) is 2. The number of hydrogen-bond acceptors (Lipinski definition) is 4. The maximum Gasteiger partial charge on any atom is 0.244 e. The van der Waals surface area contributed by atoms with Crippen LogP contribution in [0.25, 0.3) is 0 Å². The van der Waals surface area contributed by atoms with Crippen LogP contribution < -0.4 is 9.62 Å². The average Bonchev–Trinajstić information content (AvgIpc) is 2.91. The Kier molecular flexibility index (Phi) is 11.3. The number of carbonyl (C=O) groups is 2. The van der Waals surface area contributed by atoms with E-state index in [0.717, 1.165) is 50.1 Å². The second-order valence-electron chi connectivity index (χ2n) is 9.99. The van der Waals surface area contributed by atoms with Crippen molar-refractivity contribution < 1.29 is 18.0 Å². The zero-order valence-electron chi connectivity index (χ0n) is 23.6. The molecule has 7 nitrogen and oxygen atoms in total. The summed E-state index contributed by atoms with van der Waals surface area (Å²) >= 11 is 3.49. The Morgan fingerprint density at radius 1 is 0.950 bits per heavy atom. The van der Waals surface area contributed by atoms with Crippen molar-refractivity contribution in [3.05, 3.63) is 99.5 Å². The van der Waals surface area contributed by atoms with Crippen LogP contribution in [0.4, 0.5) is 5.69 Å². The number of amides is 2. The summed E-state index contributed by atoms with van der Waals surface area (Å²) in [5, 5.41) is 2.99. The topological polar surface area (TPSA) is 86.8 Å². The molecule has 3 rings (SSSR count). The third-order valence-electron chi connectivity index (χ3n) is 6.87. The van der Waals surface area contributed by atoms with Crippen LogP contribution in [0.1, 0.15) is 42.0 Å². The number of carbonyl (C=O) groups excluding carboxylic acids is 2. The number of halogens is 1. The Hall–Kier alpha value is -3.17. The first-order valence-corrected chi connectivity index (χ1v) is 16.0. The summed E-state index contributed by atoms with van der Waals surface area (Å²) < 4.78 is 28.0. The van der Waals surface area contributed by atoms with Crippen molar-refractivity contribution in [3.63, 3.8) is 0 Å². The van der Waals surface area contributed by atoms with Gasteiger partial charge in [-0.2, -0.15) is 0 Å². The van der Waals surface area contributed by atoms with Crippen LogP contribution in [0.3, 0.4) is 0 Å². The molecule has 0 aromatic heterocycles. The minimum Gasteiger partial charge on any atom is -0.354 e. The van der Waals surface area contributed by atoms with Crippen molar-refractivity contribution in [3.8, 4) is 0 Å². The van der Waals surface area contributed by atoms with Gasteiger partial charge in [0.15, 0.2) is 0 Å². The molecule has 1 N–H and O–H groups in total. The Balaban J connectivity index is 2.06. The summed E-state index contributed by atoms with van der Waals surface area (Å²) in [5.74, 6) is -0.726. The van der Waals surface area contributed by atoms with Crippen molar-refractivity contribution in [1.29, 1.82) is 0 Å². The van der Waals surface area contributed by atoms with E-state index in [9.17, 15) is 18.0 Å². The molecule has 40 heavy (non-hydrogen) atoms. The Morgan fingerprint density at radius 3 is 2.27 bits per heavy atom. The Bertz CT molecular complexity index is 1410. The zero-order chi connectivity index (χ0) is 29.3. The third kappa shape index (κ3) is 8.66. The predicted molar refractivity (Wildman–Crippen MR) is 165 cm³/mol. The van der Waals surface area contributed by atoms with Gasteiger partial charge in [-0.25, -0.2) is 8.42 Å². The molecule has 0 spiro atoms. The normalized spacial score (nSPS) is 12.0. The van der Waals surface area contributed by atoms with Gasteiger partial charge in [0.2, 0.25) is 21.8 Å². The van der Waals surface area contributed by atoms with E-state index in [2.05, 4.69) is 21.2 Å². The van der Waals surface area contributed by atoms with Gasteiger partial charge in [0.1, 0.15) is 12.6 Å². The molecular weight excluding hydrogens is 590 g/mol. The standard InChI is InChI=1S/C31H38BrN3O4S/c1-5-6-18-33-31(37)29(20-25-13-8-7-9-14-25)34(21-26-15-11-16-27(32)19-26)30(36)22-35(40(4,38)39)28-17-10-12-23(2)24(28)3/h7-17,19,29H,5-6,18,20-22H2,1-4H3,(H,33,37)/t29-/m1/s1. The highest BCUT2D eigenvalue weighted by Gasteiger charge is 2.33. The van der Waals surface area contributed by atoms with Crippen molar-refractivity contribution in [2.45, 2.75) is 52.6 Å². The van der Waals surface area contributed by atoms with Gasteiger partial charge < -0.3 is 10.2 Å². The SMILES string of the molecule is CCCCNC(=O)[C@@H](Cc1ccccc1)N(Cc1cccc(Br)c1)C(=O)CN(c1cccc(C)c1C)S(C)(=O)=O. The maximum atomic E-state index is 14.2. The molecule has 0 aliphatic rings. The van der Waals surface area contributed by atoms with Crippen LogP contribution in [0.2, 0.25) is 0 Å². The fraction of sp³-hybridized carbons (Fsp3) is 0.355. The van der Waals surface area contributed by atoms with E-state index in [1.54, 1.807) is 12.1 Å². The van der Waals surface area contributed by atoms with Crippen molar-refractivity contribution >= 4 is 43.5 Å². The number of aryl methyl sites for hydroxylation is 1. The zero-order valence-corrected chi connectivity index (χ0v) is 26.0. The Labute approximate surface area is 246 Å². The molecular formula is C31H38BrN3O4S. The summed E-state index contributed by atoms with van der Waals surface area (Å²) in [6.45, 7) is 6.00. The molecule has 0 unspecified atom stereocenters. The van der Waals surface area contributed by atoms with E-state index >= 15 is 0 Å². The highest BCUT2D eigenvalue weighted by molar-refractivity contribution is 9.10. The lowest BCUT2D eigenvalue weighted by molar-refractivity contribution is -0.140. The number of sulfonamides is 1. The van der Waals surface area contributed by atoms with E-state index in [4.69, 9.17) is 0 Å². The number of unbranched alkanes of at least 4 members (excludes halogenated alkanes) is 1. The minimum absolute atomic E-state index is 0.140. The van der Waals surface area contributed by atoms with Crippen molar-refractivity contribution in [1.82, 2.24) is 10.2 Å². The fourth-order valence-electron chi connectivity index (χ4n) is 4.49. The molecule has 9 heteroatoms. The van der Waals surface area contributed by atoms with Crippen LogP contribution in [0.5, 0.6) is 0 Å². The number of benzene rings is 3. The molecule has 0 heterocycles. The smallest absolute Gasteiger partial charge is 0.244 e. The lowest BCUT2D eigenvalue weighted by Gasteiger charge is -2.34. The lowest BCUT2D eigenvalue weighted by atomic mass is 10.0. The van der Waals surface area contributed by atoms with E-state index in [-0.39, 0.29) is 12.5 Å². The summed E-state index contributed by atoms with van der Waals surface area (Å²) in [4.78, 5) is 29.3. The molecule has 1 atom stereocenters. The van der Waals surface area contributed by atoms with Crippen LogP contribution in [-0.2, 0) is 32.6 Å². The van der Waals surface area contributed by atoms with Crippen LogP contribution in [0, 0.1) is 13.8 Å². The average molecular weight is 629 g/mol. The summed E-state index contributed by atoms with van der Waals surface area (Å²) in [7, 11) is -3.81. The molecule has 3 aromatic carbocycles. The molecule has 0 saturated heterocycles. The first-order chi connectivity index (χ1) is 19.0. The van der Waals surface area contributed by atoms with Gasteiger partial charge in [0.25, 0.3) is 0 Å². The van der Waals surface area contributed by atoms with Gasteiger partial charge in [-0.1, -0.05) is 83.9 Å². The number of nitrogens with one attached hydrogen (secondary N) is 1. The molecule has 0 aliphatic heterocycles. The second kappa shape index (κ2) is 14.5. The monoisotopic (exact) mass is 627 g/mol. The van der Waals surface area contributed by atoms with Crippen molar-refractivity contribution in [2.75, 3.05) is 23.7 Å². The second-order valence-corrected chi connectivity index (χ2v) is 12.8. The van der Waals surface area contributed by atoms with Crippen LogP contribution >= 0.6 is 15.9 Å².